The van der Waals surface area contributed by atoms with Gasteiger partial charge in [0.2, 0.25) is 0 Å². The number of nitriles is 1. The summed E-state index contributed by atoms with van der Waals surface area (Å²) in [7, 11) is -3.54. The zero-order chi connectivity index (χ0) is 12.0. The molecule has 0 saturated heterocycles. The standard InChI is InChI=1S/C12H13NO2S/c1-2-3-7-12(10-13)16(14,15)11-8-5-4-6-9-11/h2-6,8-9,12H,7H2,1H3/b3-2+. The van der Waals surface area contributed by atoms with Crippen molar-refractivity contribution >= 4 is 9.84 Å². The first kappa shape index (κ1) is 12.5. The largest absolute Gasteiger partial charge is 0.222 e. The van der Waals surface area contributed by atoms with Crippen molar-refractivity contribution in [3.63, 3.8) is 0 Å². The molecule has 0 radical (unpaired) electrons. The summed E-state index contributed by atoms with van der Waals surface area (Å²) in [5.41, 5.74) is 0. The Morgan fingerprint density at radius 3 is 2.50 bits per heavy atom. The van der Waals surface area contributed by atoms with Crippen LogP contribution >= 0.6 is 0 Å². The maximum absolute atomic E-state index is 12.0. The summed E-state index contributed by atoms with van der Waals surface area (Å²) in [5, 5.41) is 7.88. The first-order valence-corrected chi connectivity index (χ1v) is 6.47. The minimum atomic E-state index is -3.54. The topological polar surface area (TPSA) is 57.9 Å². The molecule has 1 unspecified atom stereocenters. The van der Waals surface area contributed by atoms with E-state index in [0.29, 0.717) is 0 Å². The van der Waals surface area contributed by atoms with Gasteiger partial charge >= 0.3 is 0 Å². The maximum atomic E-state index is 12.0. The molecule has 0 aliphatic carbocycles. The van der Waals surface area contributed by atoms with Crippen LogP contribution in [0.25, 0.3) is 0 Å². The highest BCUT2D eigenvalue weighted by atomic mass is 32.2. The Labute approximate surface area is 95.9 Å². The monoisotopic (exact) mass is 235 g/mol. The molecule has 16 heavy (non-hydrogen) atoms. The van der Waals surface area contributed by atoms with Crippen molar-refractivity contribution in [2.24, 2.45) is 0 Å². The average molecular weight is 235 g/mol. The number of benzene rings is 1. The first-order valence-electron chi connectivity index (χ1n) is 4.92. The number of hydrogen-bond donors (Lipinski definition) is 0. The fourth-order valence-electron chi connectivity index (χ4n) is 1.28. The molecule has 0 bridgehead atoms. The Kier molecular flexibility index (Phi) is 4.27. The van der Waals surface area contributed by atoms with Crippen LogP contribution in [0, 0.1) is 11.3 Å². The molecule has 4 heteroatoms. The van der Waals surface area contributed by atoms with Crippen molar-refractivity contribution in [1.29, 1.82) is 5.26 Å². The average Bonchev–Trinajstić information content (AvgIpc) is 2.31. The molecule has 1 aromatic rings. The van der Waals surface area contributed by atoms with Gasteiger partial charge in [0.1, 0.15) is 0 Å². The molecule has 0 spiro atoms. The minimum absolute atomic E-state index is 0.200. The van der Waals surface area contributed by atoms with Crippen LogP contribution in [-0.4, -0.2) is 13.7 Å². The third-order valence-corrected chi connectivity index (χ3v) is 4.15. The Morgan fingerprint density at radius 2 is 2.00 bits per heavy atom. The predicted octanol–water partition coefficient (Wildman–Crippen LogP) is 2.32. The maximum Gasteiger partial charge on any atom is 0.194 e. The van der Waals surface area contributed by atoms with E-state index in [-0.39, 0.29) is 11.3 Å². The number of hydrogen-bond acceptors (Lipinski definition) is 3. The van der Waals surface area contributed by atoms with E-state index < -0.39 is 15.1 Å². The lowest BCUT2D eigenvalue weighted by molar-refractivity contribution is 0.589. The molecule has 0 saturated carbocycles. The molecule has 1 rings (SSSR count). The highest BCUT2D eigenvalue weighted by molar-refractivity contribution is 7.92. The molecule has 0 heterocycles. The minimum Gasteiger partial charge on any atom is -0.222 e. The molecular formula is C12H13NO2S. The number of rotatable bonds is 4. The van der Waals surface area contributed by atoms with E-state index in [1.54, 1.807) is 37.3 Å². The molecule has 0 aromatic heterocycles. The molecule has 1 aromatic carbocycles. The van der Waals surface area contributed by atoms with Gasteiger partial charge < -0.3 is 0 Å². The van der Waals surface area contributed by atoms with E-state index in [4.69, 9.17) is 5.26 Å². The zero-order valence-corrected chi connectivity index (χ0v) is 9.81. The SMILES string of the molecule is C/C=C/CC(C#N)S(=O)(=O)c1ccccc1. The summed E-state index contributed by atoms with van der Waals surface area (Å²) in [5.74, 6) is 0. The van der Waals surface area contributed by atoms with Crippen molar-refractivity contribution in [1.82, 2.24) is 0 Å². The summed E-state index contributed by atoms with van der Waals surface area (Å²) in [6.45, 7) is 1.80. The van der Waals surface area contributed by atoms with Gasteiger partial charge in [-0.15, -0.1) is 0 Å². The lowest BCUT2D eigenvalue weighted by Crippen LogP contribution is -2.18. The van der Waals surface area contributed by atoms with Crippen LogP contribution in [0.3, 0.4) is 0 Å². The smallest absolute Gasteiger partial charge is 0.194 e. The number of nitrogens with zero attached hydrogens (tertiary/aromatic N) is 1. The molecule has 0 aliphatic rings. The van der Waals surface area contributed by atoms with Gasteiger partial charge in [-0.25, -0.2) is 8.42 Å². The van der Waals surface area contributed by atoms with Crippen LogP contribution in [0.4, 0.5) is 0 Å². The Balaban J connectivity index is 3.06. The van der Waals surface area contributed by atoms with Gasteiger partial charge in [-0.1, -0.05) is 30.4 Å². The van der Waals surface area contributed by atoms with Gasteiger partial charge in [0.05, 0.1) is 11.0 Å². The lowest BCUT2D eigenvalue weighted by Gasteiger charge is -2.08. The second-order valence-corrected chi connectivity index (χ2v) is 5.41. The summed E-state index contributed by atoms with van der Waals surface area (Å²) >= 11 is 0. The second-order valence-electron chi connectivity index (χ2n) is 3.28. The second kappa shape index (κ2) is 5.47. The van der Waals surface area contributed by atoms with E-state index >= 15 is 0 Å². The van der Waals surface area contributed by atoms with E-state index in [2.05, 4.69) is 0 Å². The van der Waals surface area contributed by atoms with E-state index in [9.17, 15) is 8.42 Å². The van der Waals surface area contributed by atoms with Crippen LogP contribution in [0.15, 0.2) is 47.4 Å². The Morgan fingerprint density at radius 1 is 1.38 bits per heavy atom. The highest BCUT2D eigenvalue weighted by Crippen LogP contribution is 2.17. The van der Waals surface area contributed by atoms with Crippen molar-refractivity contribution in [3.05, 3.63) is 42.5 Å². The van der Waals surface area contributed by atoms with Gasteiger partial charge in [-0.2, -0.15) is 5.26 Å². The van der Waals surface area contributed by atoms with Crippen molar-refractivity contribution in [3.8, 4) is 6.07 Å². The van der Waals surface area contributed by atoms with Gasteiger partial charge in [0, 0.05) is 0 Å². The Hall–Kier alpha value is -1.60. The molecule has 0 amide bonds. The molecule has 0 aliphatic heterocycles. The zero-order valence-electron chi connectivity index (χ0n) is 9.00. The number of allylic oxidation sites excluding steroid dienone is 2. The van der Waals surface area contributed by atoms with E-state index in [1.165, 1.54) is 12.1 Å². The summed E-state index contributed by atoms with van der Waals surface area (Å²) in [4.78, 5) is 0.200. The van der Waals surface area contributed by atoms with Crippen molar-refractivity contribution in [2.45, 2.75) is 23.5 Å². The quantitative estimate of drug-likeness (QED) is 0.752. The third-order valence-electron chi connectivity index (χ3n) is 2.18. The fraction of sp³-hybridized carbons (Fsp3) is 0.250. The fourth-order valence-corrected chi connectivity index (χ4v) is 2.65. The molecule has 0 fully saturated rings. The molecular weight excluding hydrogens is 222 g/mol. The van der Waals surface area contributed by atoms with Gasteiger partial charge in [-0.3, -0.25) is 0 Å². The molecule has 3 nitrogen and oxygen atoms in total. The van der Waals surface area contributed by atoms with Gasteiger partial charge in [0.15, 0.2) is 15.1 Å². The predicted molar refractivity (Wildman–Crippen MR) is 62.5 cm³/mol. The van der Waals surface area contributed by atoms with Crippen LogP contribution in [0.1, 0.15) is 13.3 Å². The molecule has 84 valence electrons. The van der Waals surface area contributed by atoms with Gasteiger partial charge in [-0.05, 0) is 25.5 Å². The third kappa shape index (κ3) is 2.71. The van der Waals surface area contributed by atoms with Crippen LogP contribution in [-0.2, 0) is 9.84 Å². The normalized spacial score (nSPS) is 13.5. The lowest BCUT2D eigenvalue weighted by atomic mass is 10.3. The first-order chi connectivity index (χ1) is 7.62. The summed E-state index contributed by atoms with van der Waals surface area (Å²) < 4.78 is 24.0. The van der Waals surface area contributed by atoms with Crippen LogP contribution < -0.4 is 0 Å². The number of sulfone groups is 1. The van der Waals surface area contributed by atoms with E-state index in [1.807, 2.05) is 6.07 Å². The van der Waals surface area contributed by atoms with E-state index in [0.717, 1.165) is 0 Å². The van der Waals surface area contributed by atoms with Crippen LogP contribution in [0.2, 0.25) is 0 Å². The molecule has 1 atom stereocenters. The highest BCUT2D eigenvalue weighted by Gasteiger charge is 2.25. The molecule has 0 N–H and O–H groups in total. The van der Waals surface area contributed by atoms with Gasteiger partial charge in [0.25, 0.3) is 0 Å². The van der Waals surface area contributed by atoms with Crippen molar-refractivity contribution < 1.29 is 8.42 Å². The Bertz CT molecular complexity index is 498. The van der Waals surface area contributed by atoms with Crippen molar-refractivity contribution in [2.75, 3.05) is 0 Å². The summed E-state index contributed by atoms with van der Waals surface area (Å²) in [6.07, 6.45) is 3.66. The van der Waals surface area contributed by atoms with Crippen LogP contribution in [0.5, 0.6) is 0 Å². The summed E-state index contributed by atoms with van der Waals surface area (Å²) in [6, 6.07) is 9.90.